The van der Waals surface area contributed by atoms with Gasteiger partial charge in [-0.2, -0.15) is 0 Å². The molecular formula is C36H45FN6O3. The van der Waals surface area contributed by atoms with Crippen LogP contribution in [0.1, 0.15) is 79.1 Å². The normalized spacial score (nSPS) is 24.2. The van der Waals surface area contributed by atoms with Gasteiger partial charge in [-0.05, 0) is 87.0 Å². The van der Waals surface area contributed by atoms with Crippen LogP contribution in [0.2, 0.25) is 0 Å². The number of ether oxygens (including phenoxy) is 1. The number of fused-ring (bicyclic) bond motifs is 2. The molecule has 9 nitrogen and oxygen atoms in total. The van der Waals surface area contributed by atoms with Gasteiger partial charge < -0.3 is 14.2 Å². The number of aryl methyl sites for hydroxylation is 3. The van der Waals surface area contributed by atoms with Crippen LogP contribution in [0.25, 0.3) is 0 Å². The first-order valence-electron chi connectivity index (χ1n) is 17.1. The van der Waals surface area contributed by atoms with Crippen molar-refractivity contribution >= 4 is 12.0 Å². The van der Waals surface area contributed by atoms with E-state index in [4.69, 9.17) is 4.74 Å². The molecule has 0 spiro atoms. The predicted octanol–water partition coefficient (Wildman–Crippen LogP) is 5.31. The van der Waals surface area contributed by atoms with Crippen molar-refractivity contribution in [2.45, 2.75) is 89.4 Å². The van der Waals surface area contributed by atoms with Crippen LogP contribution in [0.5, 0.6) is 0 Å². The van der Waals surface area contributed by atoms with Crippen LogP contribution < -0.4 is 0 Å². The zero-order chi connectivity index (χ0) is 31.6. The van der Waals surface area contributed by atoms with Crippen LogP contribution in [0.4, 0.5) is 9.18 Å². The summed E-state index contributed by atoms with van der Waals surface area (Å²) in [6.07, 6.45) is 13.3. The maximum atomic E-state index is 14.6. The number of imidazole rings is 1. The molecule has 4 heterocycles. The van der Waals surface area contributed by atoms with E-state index in [0.717, 1.165) is 74.0 Å². The molecular weight excluding hydrogens is 583 g/mol. The maximum absolute atomic E-state index is 14.6. The monoisotopic (exact) mass is 628 g/mol. The van der Waals surface area contributed by atoms with Gasteiger partial charge in [-0.3, -0.25) is 19.6 Å². The highest BCUT2D eigenvalue weighted by molar-refractivity contribution is 5.86. The van der Waals surface area contributed by atoms with Gasteiger partial charge in [0.2, 0.25) is 5.91 Å². The van der Waals surface area contributed by atoms with E-state index in [1.165, 1.54) is 18.2 Å². The Hall–Kier alpha value is -3.79. The number of pyridine rings is 1. The number of carbonyl (C=O) groups is 2. The highest BCUT2D eigenvalue weighted by Crippen LogP contribution is 2.37. The number of nitrogens with zero attached hydrogens (tertiary/aromatic N) is 6. The van der Waals surface area contributed by atoms with Gasteiger partial charge >= 0.3 is 6.09 Å². The largest absolute Gasteiger partial charge is 0.446 e. The number of aromatic nitrogens is 3. The molecule has 46 heavy (non-hydrogen) atoms. The minimum Gasteiger partial charge on any atom is -0.446 e. The number of carbonyl (C=O) groups excluding carboxylic acids is 2. The van der Waals surface area contributed by atoms with Crippen LogP contribution in [-0.4, -0.2) is 86.1 Å². The van der Waals surface area contributed by atoms with E-state index in [2.05, 4.69) is 31.6 Å². The Morgan fingerprint density at radius 1 is 0.957 bits per heavy atom. The van der Waals surface area contributed by atoms with Crippen molar-refractivity contribution in [3.05, 3.63) is 82.9 Å². The Morgan fingerprint density at radius 3 is 2.61 bits per heavy atom. The highest BCUT2D eigenvalue weighted by Gasteiger charge is 2.43. The Balaban J connectivity index is 1.17. The Bertz CT molecular complexity index is 1550. The number of piperazine rings is 1. The van der Waals surface area contributed by atoms with Gasteiger partial charge in [0.1, 0.15) is 18.0 Å². The number of halogens is 1. The molecule has 2 aromatic heterocycles. The molecule has 7 rings (SSSR count). The third kappa shape index (κ3) is 6.54. The van der Waals surface area contributed by atoms with Crippen molar-refractivity contribution in [3.8, 4) is 0 Å². The smallest absolute Gasteiger partial charge is 0.410 e. The van der Waals surface area contributed by atoms with E-state index in [1.807, 2.05) is 36.5 Å². The average Bonchev–Trinajstić information content (AvgIpc) is 3.41. The summed E-state index contributed by atoms with van der Waals surface area (Å²) in [6, 6.07) is 9.05. The van der Waals surface area contributed by atoms with Crippen LogP contribution >= 0.6 is 0 Å². The standard InChI is InChI=1S/C36H45FN6O3/c1-25-20-40(24-39-25)21-26-8-7-15-42(22-26)35(44)32-23-41(16-17-43(32)36(45)46-30-10-3-2-4-11-30)34-31-12-6-5-9-27(31)13-14-28-18-29(37)19-38-33(28)34/h5-6,9,12,18-20,24,26,30,32,34H,2-4,7-8,10-11,13-17,21-23H2,1H3/t26-,32+,34?/m0/s1. The second-order valence-electron chi connectivity index (χ2n) is 13.7. The Labute approximate surface area is 270 Å². The first-order chi connectivity index (χ1) is 22.4. The predicted molar refractivity (Wildman–Crippen MR) is 172 cm³/mol. The van der Waals surface area contributed by atoms with Crippen LogP contribution in [0.15, 0.2) is 49.1 Å². The summed E-state index contributed by atoms with van der Waals surface area (Å²) in [5, 5.41) is 0. The lowest BCUT2D eigenvalue weighted by atomic mass is 9.94. The molecule has 0 bridgehead atoms. The Kier molecular flexibility index (Phi) is 9.06. The SMILES string of the molecule is Cc1cn(C[C@@H]2CCCN(C(=O)[C@H]3CN(C4c5ccccc5CCc5cc(F)cnc54)CCN3C(=O)OC3CCCCC3)C2)cn1. The van der Waals surface area contributed by atoms with Gasteiger partial charge in [0.25, 0.3) is 0 Å². The van der Waals surface area contributed by atoms with Crippen molar-refractivity contribution < 1.29 is 18.7 Å². The fourth-order valence-corrected chi connectivity index (χ4v) is 8.11. The van der Waals surface area contributed by atoms with Crippen molar-refractivity contribution in [1.29, 1.82) is 0 Å². The van der Waals surface area contributed by atoms with Crippen molar-refractivity contribution in [1.82, 2.24) is 29.2 Å². The zero-order valence-corrected chi connectivity index (χ0v) is 26.8. The summed E-state index contributed by atoms with van der Waals surface area (Å²) < 4.78 is 22.6. The van der Waals surface area contributed by atoms with Gasteiger partial charge in [-0.15, -0.1) is 0 Å². The summed E-state index contributed by atoms with van der Waals surface area (Å²) in [5.74, 6) is -0.0448. The Morgan fingerprint density at radius 2 is 1.78 bits per heavy atom. The highest BCUT2D eigenvalue weighted by atomic mass is 19.1. The van der Waals surface area contributed by atoms with Crippen molar-refractivity contribution in [2.24, 2.45) is 5.92 Å². The van der Waals surface area contributed by atoms with Gasteiger partial charge in [-0.25, -0.2) is 14.2 Å². The van der Waals surface area contributed by atoms with Crippen LogP contribution in [-0.2, 0) is 28.9 Å². The van der Waals surface area contributed by atoms with Gasteiger partial charge in [0, 0.05) is 45.5 Å². The maximum Gasteiger partial charge on any atom is 0.410 e. The molecule has 2 amide bonds. The van der Waals surface area contributed by atoms with E-state index in [-0.39, 0.29) is 30.0 Å². The molecule has 2 aliphatic heterocycles. The van der Waals surface area contributed by atoms with E-state index in [0.29, 0.717) is 45.1 Å². The lowest BCUT2D eigenvalue weighted by Gasteiger charge is -2.45. The van der Waals surface area contributed by atoms with E-state index < -0.39 is 6.04 Å². The molecule has 2 aliphatic carbocycles. The number of hydrogen-bond acceptors (Lipinski definition) is 6. The first-order valence-corrected chi connectivity index (χ1v) is 17.1. The molecule has 0 radical (unpaired) electrons. The van der Waals surface area contributed by atoms with E-state index in [9.17, 15) is 14.0 Å². The topological polar surface area (TPSA) is 83.8 Å². The van der Waals surface area contributed by atoms with E-state index in [1.54, 1.807) is 11.0 Å². The molecule has 1 saturated carbocycles. The lowest BCUT2D eigenvalue weighted by Crippen LogP contribution is -2.62. The minimum atomic E-state index is -0.682. The minimum absolute atomic E-state index is 0.0222. The molecule has 244 valence electrons. The van der Waals surface area contributed by atoms with E-state index >= 15 is 0 Å². The molecule has 4 aliphatic rings. The summed E-state index contributed by atoms with van der Waals surface area (Å²) in [7, 11) is 0. The summed E-state index contributed by atoms with van der Waals surface area (Å²) in [4.78, 5) is 43.3. The summed E-state index contributed by atoms with van der Waals surface area (Å²) >= 11 is 0. The number of likely N-dealkylation sites (tertiary alicyclic amines) is 1. The second-order valence-corrected chi connectivity index (χ2v) is 13.7. The molecule has 1 aromatic carbocycles. The first kappa shape index (κ1) is 30.8. The quantitative estimate of drug-likeness (QED) is 0.381. The zero-order valence-electron chi connectivity index (χ0n) is 26.8. The van der Waals surface area contributed by atoms with Gasteiger partial charge in [-0.1, -0.05) is 30.7 Å². The third-order valence-electron chi connectivity index (χ3n) is 10.4. The van der Waals surface area contributed by atoms with Crippen LogP contribution in [0, 0.1) is 18.7 Å². The molecule has 3 atom stereocenters. The number of hydrogen-bond donors (Lipinski definition) is 0. The molecule has 3 fully saturated rings. The van der Waals surface area contributed by atoms with Gasteiger partial charge in [0.15, 0.2) is 0 Å². The molecule has 2 saturated heterocycles. The van der Waals surface area contributed by atoms with Crippen molar-refractivity contribution in [2.75, 3.05) is 32.7 Å². The molecule has 10 heteroatoms. The van der Waals surface area contributed by atoms with Crippen molar-refractivity contribution in [3.63, 3.8) is 0 Å². The fraction of sp³-hybridized carbons (Fsp3) is 0.556. The number of benzene rings is 1. The third-order valence-corrected chi connectivity index (χ3v) is 10.4. The number of rotatable bonds is 5. The lowest BCUT2D eigenvalue weighted by molar-refractivity contribution is -0.141. The number of amides is 2. The summed E-state index contributed by atoms with van der Waals surface area (Å²) in [5.41, 5.74) is 5.07. The molecule has 3 aromatic rings. The second kappa shape index (κ2) is 13.5. The fourth-order valence-electron chi connectivity index (χ4n) is 8.11. The molecule has 1 unspecified atom stereocenters. The number of piperidine rings is 1. The van der Waals surface area contributed by atoms with Gasteiger partial charge in [0.05, 0.1) is 30.0 Å². The average molecular weight is 629 g/mol. The summed E-state index contributed by atoms with van der Waals surface area (Å²) in [6.45, 7) is 5.42. The van der Waals surface area contributed by atoms with Crippen LogP contribution in [0.3, 0.4) is 0 Å². The molecule has 0 N–H and O–H groups in total.